The van der Waals surface area contributed by atoms with E-state index in [0.29, 0.717) is 23.8 Å². The van der Waals surface area contributed by atoms with Crippen molar-refractivity contribution >= 4 is 17.7 Å². The van der Waals surface area contributed by atoms with Crippen LogP contribution in [0.2, 0.25) is 0 Å². The van der Waals surface area contributed by atoms with E-state index in [1.54, 1.807) is 27.4 Å². The second-order valence-electron chi connectivity index (χ2n) is 8.46. The number of hydrogen-bond donors (Lipinski definition) is 1. The van der Waals surface area contributed by atoms with Gasteiger partial charge in [0.1, 0.15) is 0 Å². The van der Waals surface area contributed by atoms with Crippen LogP contribution in [0.1, 0.15) is 24.0 Å². The normalized spacial score (nSPS) is 14.3. The maximum atomic E-state index is 12.2. The zero-order chi connectivity index (χ0) is 24.3. The molecule has 0 unspecified atom stereocenters. The van der Waals surface area contributed by atoms with Gasteiger partial charge in [0.2, 0.25) is 11.7 Å². The largest absolute Gasteiger partial charge is 0.493 e. The van der Waals surface area contributed by atoms with Crippen LogP contribution in [0.5, 0.6) is 17.2 Å². The Kier molecular flexibility index (Phi) is 9.64. The van der Waals surface area contributed by atoms with Crippen molar-refractivity contribution in [2.45, 2.75) is 19.8 Å². The van der Waals surface area contributed by atoms with Crippen LogP contribution in [-0.2, 0) is 4.79 Å². The Morgan fingerprint density at radius 1 is 0.971 bits per heavy atom. The molecule has 0 radical (unpaired) electrons. The number of carbonyl (C=O) groups is 1. The van der Waals surface area contributed by atoms with Crippen LogP contribution in [0.4, 0.5) is 5.69 Å². The molecule has 0 bridgehead atoms. The first-order valence-electron chi connectivity index (χ1n) is 11.8. The molecular formula is C27H37N3O4. The number of aryl methyl sites for hydroxylation is 1. The van der Waals surface area contributed by atoms with Crippen molar-refractivity contribution < 1.29 is 19.0 Å². The van der Waals surface area contributed by atoms with Crippen molar-refractivity contribution in [1.82, 2.24) is 10.2 Å². The first kappa shape index (κ1) is 25.4. The molecule has 1 aliphatic rings. The van der Waals surface area contributed by atoms with Crippen molar-refractivity contribution in [3.63, 3.8) is 0 Å². The summed E-state index contributed by atoms with van der Waals surface area (Å²) in [4.78, 5) is 17.2. The number of amides is 1. The molecule has 7 nitrogen and oxygen atoms in total. The smallest absolute Gasteiger partial charge is 0.243 e. The molecule has 0 spiro atoms. The highest BCUT2D eigenvalue weighted by Crippen LogP contribution is 2.38. The maximum Gasteiger partial charge on any atom is 0.243 e. The second kappa shape index (κ2) is 12.9. The van der Waals surface area contributed by atoms with Gasteiger partial charge in [-0.1, -0.05) is 12.1 Å². The summed E-state index contributed by atoms with van der Waals surface area (Å²) in [6, 6.07) is 12.3. The molecule has 1 fully saturated rings. The van der Waals surface area contributed by atoms with Gasteiger partial charge in [-0.25, -0.2) is 0 Å². The number of nitrogens with one attached hydrogen (secondary N) is 1. The number of hydrogen-bond acceptors (Lipinski definition) is 6. The Labute approximate surface area is 203 Å². The van der Waals surface area contributed by atoms with Crippen LogP contribution in [-0.4, -0.2) is 71.4 Å². The summed E-state index contributed by atoms with van der Waals surface area (Å²) in [5, 5.41) is 2.96. The number of benzene rings is 2. The van der Waals surface area contributed by atoms with Gasteiger partial charge in [0.25, 0.3) is 0 Å². The number of unbranched alkanes of at least 4 members (excludes halogenated alkanes) is 1. The minimum absolute atomic E-state index is 0.111. The number of nitrogens with zero attached hydrogens (tertiary/aromatic N) is 2. The van der Waals surface area contributed by atoms with Crippen molar-refractivity contribution in [1.29, 1.82) is 0 Å². The molecule has 1 N–H and O–H groups in total. The predicted octanol–water partition coefficient (Wildman–Crippen LogP) is 3.75. The molecule has 1 saturated heterocycles. The highest BCUT2D eigenvalue weighted by molar-refractivity contribution is 5.91. The van der Waals surface area contributed by atoms with Crippen molar-refractivity contribution in [3.05, 3.63) is 53.6 Å². The molecule has 1 amide bonds. The first-order chi connectivity index (χ1) is 16.5. The van der Waals surface area contributed by atoms with E-state index < -0.39 is 0 Å². The summed E-state index contributed by atoms with van der Waals surface area (Å²) in [7, 11) is 4.71. The zero-order valence-corrected chi connectivity index (χ0v) is 20.8. The van der Waals surface area contributed by atoms with E-state index in [0.717, 1.165) is 51.1 Å². The molecule has 184 valence electrons. The Bertz CT molecular complexity index is 943. The minimum atomic E-state index is -0.111. The lowest BCUT2D eigenvalue weighted by molar-refractivity contribution is -0.116. The van der Waals surface area contributed by atoms with E-state index >= 15 is 0 Å². The van der Waals surface area contributed by atoms with Crippen LogP contribution in [0.15, 0.2) is 42.5 Å². The van der Waals surface area contributed by atoms with Gasteiger partial charge in [0, 0.05) is 44.5 Å². The molecule has 2 aromatic carbocycles. The third kappa shape index (κ3) is 7.15. The summed E-state index contributed by atoms with van der Waals surface area (Å²) in [5.41, 5.74) is 3.43. The average Bonchev–Trinajstić information content (AvgIpc) is 2.86. The van der Waals surface area contributed by atoms with Crippen molar-refractivity contribution in [2.24, 2.45) is 0 Å². The summed E-state index contributed by atoms with van der Waals surface area (Å²) < 4.78 is 16.0. The Morgan fingerprint density at radius 2 is 1.68 bits per heavy atom. The van der Waals surface area contributed by atoms with Gasteiger partial charge in [-0.3, -0.25) is 9.69 Å². The summed E-state index contributed by atoms with van der Waals surface area (Å²) in [6.07, 6.45) is 5.31. The molecule has 0 saturated carbocycles. The van der Waals surface area contributed by atoms with Crippen LogP contribution in [0, 0.1) is 6.92 Å². The van der Waals surface area contributed by atoms with E-state index in [2.05, 4.69) is 46.3 Å². The lowest BCUT2D eigenvalue weighted by Crippen LogP contribution is -2.46. The highest BCUT2D eigenvalue weighted by atomic mass is 16.5. The summed E-state index contributed by atoms with van der Waals surface area (Å²) >= 11 is 0. The quantitative estimate of drug-likeness (QED) is 0.401. The first-order valence-corrected chi connectivity index (χ1v) is 11.8. The molecule has 7 heteroatoms. The Hall–Kier alpha value is -3.19. The standard InChI is InChI=1S/C27H37N3O4/c1-21-8-7-9-23(18-21)30-16-14-29(15-17-30)13-6-5-12-28-26(31)11-10-22-19-24(32-2)27(34-4)25(20-22)33-3/h7-11,18-20H,5-6,12-17H2,1-4H3,(H,28,31)/b11-10+. The summed E-state index contributed by atoms with van der Waals surface area (Å²) in [5.74, 6) is 1.53. The van der Waals surface area contributed by atoms with Crippen LogP contribution in [0.25, 0.3) is 6.08 Å². The SMILES string of the molecule is COc1cc(/C=C/C(=O)NCCCCN2CCN(c3cccc(C)c3)CC2)cc(OC)c1OC. The maximum absolute atomic E-state index is 12.2. The predicted molar refractivity (Wildman–Crippen MR) is 137 cm³/mol. The fourth-order valence-corrected chi connectivity index (χ4v) is 4.15. The Balaban J connectivity index is 1.35. The topological polar surface area (TPSA) is 63.3 Å². The van der Waals surface area contributed by atoms with Gasteiger partial charge in [0.15, 0.2) is 11.5 Å². The fraction of sp³-hybridized carbons (Fsp3) is 0.444. The van der Waals surface area contributed by atoms with Gasteiger partial charge in [0.05, 0.1) is 21.3 Å². The number of methoxy groups -OCH3 is 3. The monoisotopic (exact) mass is 467 g/mol. The zero-order valence-electron chi connectivity index (χ0n) is 20.8. The lowest BCUT2D eigenvalue weighted by atomic mass is 10.1. The number of rotatable bonds is 11. The molecule has 0 aliphatic carbocycles. The van der Waals surface area contributed by atoms with Gasteiger partial charge in [-0.2, -0.15) is 0 Å². The average molecular weight is 468 g/mol. The third-order valence-corrected chi connectivity index (χ3v) is 6.05. The van der Waals surface area contributed by atoms with Crippen molar-refractivity contribution in [3.8, 4) is 17.2 Å². The Morgan fingerprint density at radius 3 is 2.29 bits per heavy atom. The molecular weight excluding hydrogens is 430 g/mol. The molecule has 1 aliphatic heterocycles. The van der Waals surface area contributed by atoms with Gasteiger partial charge in [-0.05, 0) is 67.8 Å². The third-order valence-electron chi connectivity index (χ3n) is 6.05. The van der Waals surface area contributed by atoms with Gasteiger partial charge >= 0.3 is 0 Å². The van der Waals surface area contributed by atoms with Crippen molar-refractivity contribution in [2.75, 3.05) is 65.5 Å². The van der Waals surface area contributed by atoms with E-state index in [1.165, 1.54) is 17.3 Å². The molecule has 0 aromatic heterocycles. The molecule has 3 rings (SSSR count). The van der Waals surface area contributed by atoms with Gasteiger partial charge < -0.3 is 24.4 Å². The van der Waals surface area contributed by atoms with Gasteiger partial charge in [-0.15, -0.1) is 0 Å². The minimum Gasteiger partial charge on any atom is -0.493 e. The lowest BCUT2D eigenvalue weighted by Gasteiger charge is -2.36. The molecule has 0 atom stereocenters. The molecule has 1 heterocycles. The fourth-order valence-electron chi connectivity index (χ4n) is 4.15. The van der Waals surface area contributed by atoms with Crippen LogP contribution in [0.3, 0.4) is 0 Å². The number of anilines is 1. The van der Waals surface area contributed by atoms with E-state index in [1.807, 2.05) is 12.1 Å². The van der Waals surface area contributed by atoms with Crippen LogP contribution >= 0.6 is 0 Å². The second-order valence-corrected chi connectivity index (χ2v) is 8.46. The number of ether oxygens (including phenoxy) is 3. The van der Waals surface area contributed by atoms with E-state index in [4.69, 9.17) is 14.2 Å². The number of piperazine rings is 1. The summed E-state index contributed by atoms with van der Waals surface area (Å²) in [6.45, 7) is 8.16. The van der Waals surface area contributed by atoms with E-state index in [9.17, 15) is 4.79 Å². The molecule has 2 aromatic rings. The highest BCUT2D eigenvalue weighted by Gasteiger charge is 2.17. The molecule has 34 heavy (non-hydrogen) atoms. The van der Waals surface area contributed by atoms with Crippen LogP contribution < -0.4 is 24.4 Å². The van der Waals surface area contributed by atoms with E-state index in [-0.39, 0.29) is 5.91 Å². The number of carbonyl (C=O) groups excluding carboxylic acids is 1.